The summed E-state index contributed by atoms with van der Waals surface area (Å²) < 4.78 is 25.1. The van der Waals surface area contributed by atoms with Crippen molar-refractivity contribution in [3.05, 3.63) is 45.7 Å². The van der Waals surface area contributed by atoms with Gasteiger partial charge in [0.25, 0.3) is 0 Å². The van der Waals surface area contributed by atoms with Gasteiger partial charge in [-0.1, -0.05) is 23.2 Å². The van der Waals surface area contributed by atoms with Crippen LogP contribution in [0.5, 0.6) is 11.5 Å². The third-order valence-electron chi connectivity index (χ3n) is 3.93. The molecule has 2 aromatic carbocycles. The first-order valence-electron chi connectivity index (χ1n) is 7.26. The molecule has 1 aliphatic heterocycles. The summed E-state index contributed by atoms with van der Waals surface area (Å²) in [5.74, 6) is 0.786. The molecule has 0 aliphatic carbocycles. The predicted octanol–water partition coefficient (Wildman–Crippen LogP) is 4.46. The Morgan fingerprint density at radius 3 is 2.57 bits per heavy atom. The third-order valence-corrected chi connectivity index (χ3v) is 4.53. The average Bonchev–Trinajstić information content (AvgIpc) is 2.53. The van der Waals surface area contributed by atoms with Gasteiger partial charge in [0.1, 0.15) is 23.4 Å². The van der Waals surface area contributed by atoms with E-state index in [0.29, 0.717) is 45.6 Å². The molecule has 1 atom stereocenters. The second-order valence-corrected chi connectivity index (χ2v) is 6.24. The summed E-state index contributed by atoms with van der Waals surface area (Å²) in [5.41, 5.74) is 7.58. The molecule has 0 radical (unpaired) electrons. The van der Waals surface area contributed by atoms with Gasteiger partial charge in [-0.3, -0.25) is 0 Å². The molecule has 23 heavy (non-hydrogen) atoms. The zero-order chi connectivity index (χ0) is 16.6. The van der Waals surface area contributed by atoms with E-state index in [9.17, 15) is 4.39 Å². The van der Waals surface area contributed by atoms with E-state index in [1.165, 1.54) is 19.2 Å². The lowest BCUT2D eigenvalue weighted by Crippen LogP contribution is -2.30. The van der Waals surface area contributed by atoms with Gasteiger partial charge in [0, 0.05) is 17.7 Å². The van der Waals surface area contributed by atoms with Gasteiger partial charge in [-0.15, -0.1) is 0 Å². The van der Waals surface area contributed by atoms with Crippen LogP contribution in [0.4, 0.5) is 4.39 Å². The lowest BCUT2D eigenvalue weighted by molar-refractivity contribution is 0.182. The standard InChI is InChI=1S/C17H16Cl2FNO2/c1-22-12-6-14(18)16(15(19)7-12)13-5-10(20)4-9-2-3-11(8-21)23-17(9)13/h4-7,11H,2-3,8,21H2,1H3/t11-/m1/s1. The van der Waals surface area contributed by atoms with Crippen LogP contribution in [0.1, 0.15) is 12.0 Å². The van der Waals surface area contributed by atoms with Gasteiger partial charge < -0.3 is 15.2 Å². The number of rotatable bonds is 3. The van der Waals surface area contributed by atoms with Gasteiger partial charge in [-0.05, 0) is 42.7 Å². The zero-order valence-corrected chi connectivity index (χ0v) is 14.0. The van der Waals surface area contributed by atoms with E-state index in [1.807, 2.05) is 0 Å². The Morgan fingerprint density at radius 1 is 1.26 bits per heavy atom. The highest BCUT2D eigenvalue weighted by Crippen LogP contribution is 2.45. The first-order valence-corrected chi connectivity index (χ1v) is 8.01. The Kier molecular flexibility index (Phi) is 4.67. The molecule has 1 aliphatic rings. The van der Waals surface area contributed by atoms with E-state index in [0.717, 1.165) is 12.0 Å². The molecule has 2 N–H and O–H groups in total. The summed E-state index contributed by atoms with van der Waals surface area (Å²) in [7, 11) is 1.53. The topological polar surface area (TPSA) is 44.5 Å². The monoisotopic (exact) mass is 355 g/mol. The minimum Gasteiger partial charge on any atom is -0.497 e. The minimum absolute atomic E-state index is 0.0949. The van der Waals surface area contributed by atoms with Crippen molar-refractivity contribution in [2.45, 2.75) is 18.9 Å². The highest BCUT2D eigenvalue weighted by molar-refractivity contribution is 6.39. The van der Waals surface area contributed by atoms with E-state index in [-0.39, 0.29) is 11.9 Å². The van der Waals surface area contributed by atoms with Crippen LogP contribution >= 0.6 is 23.2 Å². The van der Waals surface area contributed by atoms with E-state index < -0.39 is 0 Å². The van der Waals surface area contributed by atoms with Gasteiger partial charge in [0.15, 0.2) is 0 Å². The summed E-state index contributed by atoms with van der Waals surface area (Å²) in [5, 5.41) is 0.751. The molecule has 0 spiro atoms. The largest absolute Gasteiger partial charge is 0.497 e. The molecule has 0 bridgehead atoms. The summed E-state index contributed by atoms with van der Waals surface area (Å²) in [6.07, 6.45) is 1.37. The van der Waals surface area contributed by atoms with Crippen LogP contribution in [-0.4, -0.2) is 19.8 Å². The maximum absolute atomic E-state index is 14.0. The van der Waals surface area contributed by atoms with Crippen molar-refractivity contribution in [2.24, 2.45) is 5.73 Å². The number of hydrogen-bond donors (Lipinski definition) is 1. The van der Waals surface area contributed by atoms with Crippen LogP contribution < -0.4 is 15.2 Å². The molecular weight excluding hydrogens is 340 g/mol. The molecule has 0 saturated carbocycles. The number of nitrogens with two attached hydrogens (primary N) is 1. The fourth-order valence-electron chi connectivity index (χ4n) is 2.79. The van der Waals surface area contributed by atoms with Gasteiger partial charge >= 0.3 is 0 Å². The lowest BCUT2D eigenvalue weighted by Gasteiger charge is -2.27. The minimum atomic E-state index is -0.350. The molecule has 0 saturated heterocycles. The molecule has 122 valence electrons. The van der Waals surface area contributed by atoms with Crippen molar-refractivity contribution in [3.63, 3.8) is 0 Å². The highest BCUT2D eigenvalue weighted by Gasteiger charge is 2.25. The van der Waals surface area contributed by atoms with Gasteiger partial charge in [0.05, 0.1) is 17.2 Å². The van der Waals surface area contributed by atoms with Gasteiger partial charge in [0.2, 0.25) is 0 Å². The fraction of sp³-hybridized carbons (Fsp3) is 0.294. The summed E-state index contributed by atoms with van der Waals surface area (Å²) in [6.45, 7) is 0.403. The summed E-state index contributed by atoms with van der Waals surface area (Å²) in [6, 6.07) is 6.15. The van der Waals surface area contributed by atoms with Crippen molar-refractivity contribution >= 4 is 23.2 Å². The average molecular weight is 356 g/mol. The molecule has 0 fully saturated rings. The molecule has 3 nitrogen and oxygen atoms in total. The van der Waals surface area contributed by atoms with E-state index in [4.69, 9.17) is 38.4 Å². The van der Waals surface area contributed by atoms with Crippen LogP contribution in [0, 0.1) is 5.82 Å². The predicted molar refractivity (Wildman–Crippen MR) is 90.2 cm³/mol. The van der Waals surface area contributed by atoms with Crippen LogP contribution in [0.25, 0.3) is 11.1 Å². The van der Waals surface area contributed by atoms with Crippen LogP contribution in [0.2, 0.25) is 10.0 Å². The molecule has 2 aromatic rings. The van der Waals surface area contributed by atoms with Crippen molar-refractivity contribution in [2.75, 3.05) is 13.7 Å². The van der Waals surface area contributed by atoms with Gasteiger partial charge in [-0.2, -0.15) is 0 Å². The van der Waals surface area contributed by atoms with Crippen molar-refractivity contribution in [1.29, 1.82) is 0 Å². The first-order chi connectivity index (χ1) is 11.0. The molecule has 3 rings (SSSR count). The SMILES string of the molecule is COc1cc(Cl)c(-c2cc(F)cc3c2O[C@@H](CN)CC3)c(Cl)c1. The van der Waals surface area contributed by atoms with Crippen LogP contribution in [0.15, 0.2) is 24.3 Å². The second kappa shape index (κ2) is 6.56. The smallest absolute Gasteiger partial charge is 0.131 e. The fourth-order valence-corrected chi connectivity index (χ4v) is 3.46. The Hall–Kier alpha value is -1.49. The van der Waals surface area contributed by atoms with E-state index >= 15 is 0 Å². The normalized spacial score (nSPS) is 16.7. The number of fused-ring (bicyclic) bond motifs is 1. The second-order valence-electron chi connectivity index (χ2n) is 5.42. The number of aryl methyl sites for hydroxylation is 1. The Bertz CT molecular complexity index is 729. The Labute approximate surface area is 144 Å². The first kappa shape index (κ1) is 16.4. The molecule has 1 heterocycles. The van der Waals surface area contributed by atoms with Crippen molar-refractivity contribution in [3.8, 4) is 22.6 Å². The Morgan fingerprint density at radius 2 is 1.96 bits per heavy atom. The van der Waals surface area contributed by atoms with Gasteiger partial charge in [-0.25, -0.2) is 4.39 Å². The molecule has 0 unspecified atom stereocenters. The highest BCUT2D eigenvalue weighted by atomic mass is 35.5. The number of methoxy groups -OCH3 is 1. The Balaban J connectivity index is 2.19. The number of benzene rings is 2. The van der Waals surface area contributed by atoms with E-state index in [1.54, 1.807) is 12.1 Å². The van der Waals surface area contributed by atoms with Crippen molar-refractivity contribution in [1.82, 2.24) is 0 Å². The van der Waals surface area contributed by atoms with E-state index in [2.05, 4.69) is 0 Å². The lowest BCUT2D eigenvalue weighted by atomic mass is 9.95. The van der Waals surface area contributed by atoms with Crippen LogP contribution in [0.3, 0.4) is 0 Å². The third kappa shape index (κ3) is 3.11. The van der Waals surface area contributed by atoms with Crippen molar-refractivity contribution < 1.29 is 13.9 Å². The number of ether oxygens (including phenoxy) is 2. The zero-order valence-electron chi connectivity index (χ0n) is 12.5. The maximum atomic E-state index is 14.0. The quantitative estimate of drug-likeness (QED) is 0.883. The van der Waals surface area contributed by atoms with Crippen LogP contribution in [-0.2, 0) is 6.42 Å². The molecule has 6 heteroatoms. The summed E-state index contributed by atoms with van der Waals surface area (Å²) >= 11 is 12.7. The number of halogens is 3. The number of hydrogen-bond acceptors (Lipinski definition) is 3. The maximum Gasteiger partial charge on any atom is 0.131 e. The summed E-state index contributed by atoms with van der Waals surface area (Å²) in [4.78, 5) is 0. The molecule has 0 aromatic heterocycles. The molecule has 0 amide bonds. The molecular formula is C17H16Cl2FNO2.